The number of carbonyl (C=O) groups is 8. The van der Waals surface area contributed by atoms with E-state index in [1.165, 1.54) is 19.2 Å². The third-order valence-corrected chi connectivity index (χ3v) is 24.0. The van der Waals surface area contributed by atoms with Crippen molar-refractivity contribution in [3.05, 3.63) is 186 Å². The Kier molecular flexibility index (Phi) is 36.5. The summed E-state index contributed by atoms with van der Waals surface area (Å²) in [7, 11) is 0.784. The number of ether oxygens (including phenoxy) is 9. The number of hydrogen-bond donors (Lipinski definition) is 4. The molecule has 5 heterocycles. The van der Waals surface area contributed by atoms with Gasteiger partial charge in [0, 0.05) is 154 Å². The molecule has 6 amide bonds. The zero-order valence-electron chi connectivity index (χ0n) is 73.2. The normalized spacial score (nSPS) is 12.5. The standard InChI is InChI=1S/C95H115N13O19S/c1-67-30-35-75(36-31-67)128(117,118)66-74(127-95(116)96-2)23-8-7-20-72(109)21-15-16-45-104-84-62-68(93(114)98-43-50-121-54-58-125-60-56-123-52-46-107-91-80-26-11-13-28-82(80)105(87(112)40-34-73(110)22-17-48-119-3)64-70-18-5-9-24-76(70)89(91)100-102-107)32-37-78(84)79-38-33-69(63-85(79)104)94(115)99-44-51-122-55-59-126-61-57-124-53-47-108-92-81-27-12-14-29-83(81)106(88(113)41-39-86(111)97-42-49-120-4)65-71-19-6-10-25-77(71)90(92)101-103-108/h5-6,9-14,18-19,24-33,35-38,62-63,74H,7-8,15-17,20-23,34,39-61,64-66H2,1-4H3,(H,96,116)(H,97,111)(H,98,114)(H,99,115). The van der Waals surface area contributed by atoms with E-state index in [0.29, 0.717) is 164 Å². The first kappa shape index (κ1) is 95.3. The van der Waals surface area contributed by atoms with Gasteiger partial charge in [-0.15, -0.1) is 10.2 Å². The molecule has 12 rings (SSSR count). The number of para-hydroxylation sites is 2. The van der Waals surface area contributed by atoms with Crippen molar-refractivity contribution in [3.8, 4) is 45.0 Å². The van der Waals surface area contributed by atoms with Crippen LogP contribution in [0, 0.1) is 6.92 Å². The first-order valence-corrected chi connectivity index (χ1v) is 45.4. The number of rotatable bonds is 53. The van der Waals surface area contributed by atoms with Crippen LogP contribution in [0.25, 0.3) is 66.8 Å². The highest BCUT2D eigenvalue weighted by Crippen LogP contribution is 2.44. The van der Waals surface area contributed by atoms with Gasteiger partial charge in [-0.3, -0.25) is 33.6 Å². The van der Waals surface area contributed by atoms with Gasteiger partial charge in [0.15, 0.2) is 9.84 Å². The van der Waals surface area contributed by atoms with Crippen molar-refractivity contribution in [1.82, 2.24) is 55.8 Å². The summed E-state index contributed by atoms with van der Waals surface area (Å²) >= 11 is 0. The lowest BCUT2D eigenvalue weighted by molar-refractivity contribution is -0.125. The van der Waals surface area contributed by atoms with Gasteiger partial charge in [-0.1, -0.05) is 125 Å². The average molecular weight is 1780 g/mol. The van der Waals surface area contributed by atoms with Crippen LogP contribution < -0.4 is 31.1 Å². The minimum atomic E-state index is -3.78. The number of aromatic nitrogens is 7. The third kappa shape index (κ3) is 26.5. The smallest absolute Gasteiger partial charge is 0.407 e. The molecule has 32 nitrogen and oxygen atoms in total. The molecule has 2 aliphatic heterocycles. The Bertz CT molecular complexity index is 5270. The molecule has 3 aromatic heterocycles. The number of anilines is 2. The predicted octanol–water partition coefficient (Wildman–Crippen LogP) is 11.4. The molecule has 0 fully saturated rings. The molecule has 0 aliphatic carbocycles. The predicted molar refractivity (Wildman–Crippen MR) is 483 cm³/mol. The van der Waals surface area contributed by atoms with Gasteiger partial charge in [0.25, 0.3) is 11.8 Å². The molecule has 0 saturated heterocycles. The van der Waals surface area contributed by atoms with Gasteiger partial charge >= 0.3 is 6.09 Å². The van der Waals surface area contributed by atoms with Crippen LogP contribution in [-0.2, 0) is 109 Å². The summed E-state index contributed by atoms with van der Waals surface area (Å²) in [5.41, 5.74) is 12.6. The molecule has 2 aliphatic rings. The molecule has 10 aromatic rings. The number of unbranched alkanes of at least 4 members (excludes halogenated alkanes) is 2. The Hall–Kier alpha value is -11.8. The maximum absolute atomic E-state index is 14.0. The third-order valence-electron chi connectivity index (χ3n) is 22.2. The lowest BCUT2D eigenvalue weighted by atomic mass is 9.95. The highest BCUT2D eigenvalue weighted by atomic mass is 32.2. The zero-order valence-corrected chi connectivity index (χ0v) is 74.1. The Balaban J connectivity index is 0.594. The second-order valence-electron chi connectivity index (χ2n) is 31.2. The van der Waals surface area contributed by atoms with E-state index >= 15 is 0 Å². The number of alkyl carbamates (subject to hydrolysis) is 1. The fourth-order valence-electron chi connectivity index (χ4n) is 15.6. The van der Waals surface area contributed by atoms with E-state index in [4.69, 9.17) is 42.6 Å². The summed E-state index contributed by atoms with van der Waals surface area (Å²) < 4.78 is 83.4. The van der Waals surface area contributed by atoms with Crippen LogP contribution in [0.15, 0.2) is 163 Å². The molecule has 33 heteroatoms. The quantitative estimate of drug-likeness (QED) is 0.0257. The van der Waals surface area contributed by atoms with E-state index in [9.17, 15) is 46.8 Å². The van der Waals surface area contributed by atoms with Crippen LogP contribution in [0.3, 0.4) is 0 Å². The first-order valence-electron chi connectivity index (χ1n) is 43.8. The summed E-state index contributed by atoms with van der Waals surface area (Å²) in [5, 5.41) is 31.3. The molecule has 128 heavy (non-hydrogen) atoms. The lowest BCUT2D eigenvalue weighted by Crippen LogP contribution is -2.33. The molecular weight excluding hydrogens is 1660 g/mol. The number of fused-ring (bicyclic) bond motifs is 13. The summed E-state index contributed by atoms with van der Waals surface area (Å²) in [6, 6.07) is 48.4. The van der Waals surface area contributed by atoms with E-state index in [0.717, 1.165) is 72.1 Å². The van der Waals surface area contributed by atoms with Crippen molar-refractivity contribution in [2.24, 2.45) is 0 Å². The molecule has 0 radical (unpaired) electrons. The largest absolute Gasteiger partial charge is 0.445 e. The fourth-order valence-corrected chi connectivity index (χ4v) is 17.1. The second kappa shape index (κ2) is 49.0. The van der Waals surface area contributed by atoms with Crippen LogP contribution in [0.4, 0.5) is 16.2 Å². The van der Waals surface area contributed by atoms with Gasteiger partial charge in [0.05, 0.1) is 145 Å². The number of Topliss-reactive ketones (excluding diaryl/α,β-unsaturated/α-hetero) is 2. The van der Waals surface area contributed by atoms with Gasteiger partial charge in [-0.25, -0.2) is 22.6 Å². The summed E-state index contributed by atoms with van der Waals surface area (Å²) in [5.74, 6) is -1.53. The lowest BCUT2D eigenvalue weighted by Gasteiger charge is -2.28. The van der Waals surface area contributed by atoms with Crippen molar-refractivity contribution >= 4 is 90.2 Å². The average Bonchev–Trinajstić information content (AvgIpc) is 1.16. The Morgan fingerprint density at radius 2 is 0.883 bits per heavy atom. The van der Waals surface area contributed by atoms with Crippen LogP contribution >= 0.6 is 0 Å². The van der Waals surface area contributed by atoms with Gasteiger partial charge in [-0.05, 0) is 105 Å². The van der Waals surface area contributed by atoms with Gasteiger partial charge in [0.1, 0.15) is 29.1 Å². The number of sulfone groups is 1. The van der Waals surface area contributed by atoms with Crippen molar-refractivity contribution in [3.63, 3.8) is 0 Å². The fraction of sp³-hybridized carbons (Fsp3) is 0.432. The SMILES string of the molecule is CNC(=O)OC(CCCCC(=O)CCCCn1c2cc(C(=O)NCCOCCOCCOCCn3nnc4c3-c3ccccc3N(C(=O)CCC(=O)CCCOC)Cc3ccccc3-4)ccc2c2ccc(C(=O)NCCOCCOCCOCCn3nnc4c3-c3ccccc3N(C(=O)CCC(=O)NCCOC)Cc3ccccc3-4)cc21)CS(=O)(=O)c1ccc(C)cc1. The number of amides is 6. The number of aryl methyl sites for hydroxylation is 2. The van der Waals surface area contributed by atoms with Gasteiger partial charge in [0.2, 0.25) is 17.7 Å². The molecule has 0 spiro atoms. The molecule has 1 atom stereocenters. The number of hydrogen-bond acceptors (Lipinski definition) is 23. The maximum Gasteiger partial charge on any atom is 0.407 e. The van der Waals surface area contributed by atoms with Gasteiger partial charge < -0.3 is 78.3 Å². The summed E-state index contributed by atoms with van der Waals surface area (Å²) in [6.07, 6.45) is 2.42. The number of benzene rings is 7. The molecule has 1 unspecified atom stereocenters. The highest BCUT2D eigenvalue weighted by molar-refractivity contribution is 7.91. The summed E-state index contributed by atoms with van der Waals surface area (Å²) in [4.78, 5) is 110. The Morgan fingerprint density at radius 1 is 0.438 bits per heavy atom. The van der Waals surface area contributed by atoms with Crippen LogP contribution in [0.1, 0.15) is 121 Å². The van der Waals surface area contributed by atoms with E-state index in [2.05, 4.69) is 46.5 Å². The van der Waals surface area contributed by atoms with Crippen molar-refractivity contribution in [2.75, 3.05) is 149 Å². The molecule has 4 N–H and O–H groups in total. The first-order chi connectivity index (χ1) is 62.4. The number of methoxy groups -OCH3 is 2. The maximum atomic E-state index is 14.0. The van der Waals surface area contributed by atoms with Crippen LogP contribution in [-0.4, -0.2) is 235 Å². The number of carbonyl (C=O) groups excluding carboxylic acids is 8. The van der Waals surface area contributed by atoms with Crippen molar-refractivity contribution in [1.29, 1.82) is 0 Å². The summed E-state index contributed by atoms with van der Waals surface area (Å²) in [6.45, 7) is 8.64. The zero-order chi connectivity index (χ0) is 90.0. The Morgan fingerprint density at radius 3 is 1.39 bits per heavy atom. The monoisotopic (exact) mass is 1770 g/mol. The van der Waals surface area contributed by atoms with E-state index in [1.807, 2.05) is 128 Å². The minimum absolute atomic E-state index is 0.0158. The van der Waals surface area contributed by atoms with E-state index < -0.39 is 27.8 Å². The van der Waals surface area contributed by atoms with E-state index in [1.54, 1.807) is 57.6 Å². The van der Waals surface area contributed by atoms with Crippen molar-refractivity contribution < 1.29 is 89.4 Å². The molecular formula is C95H115N13O19S. The number of nitrogens with zero attached hydrogens (tertiary/aromatic N) is 9. The van der Waals surface area contributed by atoms with Crippen molar-refractivity contribution in [2.45, 2.75) is 134 Å². The molecule has 7 aromatic carbocycles. The molecule has 680 valence electrons. The second-order valence-corrected chi connectivity index (χ2v) is 33.3. The van der Waals surface area contributed by atoms with Crippen LogP contribution in [0.5, 0.6) is 0 Å². The Labute approximate surface area is 745 Å². The van der Waals surface area contributed by atoms with Crippen LogP contribution in [0.2, 0.25) is 0 Å². The van der Waals surface area contributed by atoms with Gasteiger partial charge in [-0.2, -0.15) is 0 Å². The van der Waals surface area contributed by atoms with E-state index in [-0.39, 0.29) is 144 Å². The molecule has 0 saturated carbocycles. The number of ketones is 2. The number of nitrogens with one attached hydrogen (secondary N) is 4. The topological polar surface area (TPSA) is 375 Å². The highest BCUT2D eigenvalue weighted by Gasteiger charge is 2.33. The minimum Gasteiger partial charge on any atom is -0.445 e. The molecule has 0 bridgehead atoms.